The monoisotopic (exact) mass is 387 g/mol. The number of likely N-dealkylation sites (tertiary alicyclic amines) is 1. The predicted molar refractivity (Wildman–Crippen MR) is 110 cm³/mol. The fourth-order valence-electron chi connectivity index (χ4n) is 3.81. The van der Waals surface area contributed by atoms with Gasteiger partial charge in [0.15, 0.2) is 0 Å². The van der Waals surface area contributed by atoms with E-state index in [1.54, 1.807) is 24.3 Å². The Hall–Kier alpha value is -1.92. The molecule has 0 aliphatic carbocycles. The minimum atomic E-state index is -0.285. The van der Waals surface area contributed by atoms with Crippen molar-refractivity contribution in [3.63, 3.8) is 0 Å². The van der Waals surface area contributed by atoms with E-state index in [9.17, 15) is 9.59 Å². The second-order valence-electron chi connectivity index (χ2n) is 9.06. The average molecular weight is 388 g/mol. The molecule has 2 N–H and O–H groups in total. The lowest BCUT2D eigenvalue weighted by Crippen LogP contribution is -2.45. The Kier molecular flexibility index (Phi) is 6.73. The molecule has 154 valence electrons. The number of amides is 2. The van der Waals surface area contributed by atoms with Crippen molar-refractivity contribution in [1.82, 2.24) is 15.5 Å². The molecule has 2 amide bonds. The van der Waals surface area contributed by atoms with Crippen LogP contribution >= 0.6 is 0 Å². The van der Waals surface area contributed by atoms with Crippen LogP contribution in [-0.2, 0) is 4.74 Å². The van der Waals surface area contributed by atoms with Crippen molar-refractivity contribution < 1.29 is 14.3 Å². The molecule has 1 aromatic rings. The third-order valence-electron chi connectivity index (χ3n) is 5.36. The Labute approximate surface area is 168 Å². The summed E-state index contributed by atoms with van der Waals surface area (Å²) in [5.41, 5.74) is 0.876. The zero-order valence-corrected chi connectivity index (χ0v) is 17.3. The number of rotatable bonds is 5. The van der Waals surface area contributed by atoms with E-state index in [0.717, 1.165) is 45.7 Å². The fourth-order valence-corrected chi connectivity index (χ4v) is 3.81. The molecule has 2 heterocycles. The molecule has 2 fully saturated rings. The molecule has 6 heteroatoms. The highest BCUT2D eigenvalue weighted by Gasteiger charge is 2.25. The molecule has 2 aliphatic rings. The standard InChI is InChI=1S/C22H33N3O3/c1-22(2,3)24-21(27)18-6-4-17(5-7-18)20(26)23-19-8-11-25(12-9-19)14-16-10-13-28-15-16/h4-7,16,19H,8-15H2,1-3H3,(H,23,26)(H,24,27). The summed E-state index contributed by atoms with van der Waals surface area (Å²) in [5, 5.41) is 6.07. The number of nitrogens with zero attached hydrogens (tertiary/aromatic N) is 1. The quantitative estimate of drug-likeness (QED) is 0.814. The van der Waals surface area contributed by atoms with Crippen LogP contribution in [0.3, 0.4) is 0 Å². The zero-order valence-electron chi connectivity index (χ0n) is 17.3. The van der Waals surface area contributed by atoms with Crippen molar-refractivity contribution in [3.05, 3.63) is 35.4 Å². The van der Waals surface area contributed by atoms with Gasteiger partial charge in [-0.15, -0.1) is 0 Å². The largest absolute Gasteiger partial charge is 0.381 e. The van der Waals surface area contributed by atoms with Crippen LogP contribution in [-0.4, -0.2) is 61.1 Å². The second kappa shape index (κ2) is 9.05. The van der Waals surface area contributed by atoms with Gasteiger partial charge in [-0.1, -0.05) is 0 Å². The van der Waals surface area contributed by atoms with Crippen LogP contribution in [0.2, 0.25) is 0 Å². The van der Waals surface area contributed by atoms with Crippen molar-refractivity contribution in [2.75, 3.05) is 32.8 Å². The number of carbonyl (C=O) groups excluding carboxylic acids is 2. The van der Waals surface area contributed by atoms with Crippen LogP contribution in [0.25, 0.3) is 0 Å². The lowest BCUT2D eigenvalue weighted by Gasteiger charge is -2.33. The SMILES string of the molecule is CC(C)(C)NC(=O)c1ccc(C(=O)NC2CCN(CC3CCOC3)CC2)cc1. The van der Waals surface area contributed by atoms with Gasteiger partial charge in [0.1, 0.15) is 0 Å². The van der Waals surface area contributed by atoms with E-state index in [1.807, 2.05) is 20.8 Å². The predicted octanol–water partition coefficient (Wildman–Crippen LogP) is 2.45. The van der Waals surface area contributed by atoms with Crippen LogP contribution < -0.4 is 10.6 Å². The molecule has 0 aromatic heterocycles. The number of nitrogens with one attached hydrogen (secondary N) is 2. The summed E-state index contributed by atoms with van der Waals surface area (Å²) in [6, 6.07) is 7.09. The molecule has 0 spiro atoms. The Bertz CT molecular complexity index is 667. The second-order valence-corrected chi connectivity index (χ2v) is 9.06. The van der Waals surface area contributed by atoms with E-state index in [1.165, 1.54) is 6.42 Å². The van der Waals surface area contributed by atoms with Gasteiger partial charge in [0, 0.05) is 48.9 Å². The Balaban J connectivity index is 1.45. The van der Waals surface area contributed by atoms with E-state index in [4.69, 9.17) is 4.74 Å². The van der Waals surface area contributed by atoms with E-state index < -0.39 is 0 Å². The summed E-state index contributed by atoms with van der Waals surface area (Å²) in [5.74, 6) is 0.477. The van der Waals surface area contributed by atoms with Crippen LogP contribution in [0.5, 0.6) is 0 Å². The molecule has 3 rings (SSSR count). The highest BCUT2D eigenvalue weighted by molar-refractivity contribution is 5.98. The van der Waals surface area contributed by atoms with Crippen molar-refractivity contribution in [2.45, 2.75) is 51.6 Å². The minimum absolute atomic E-state index is 0.0644. The highest BCUT2D eigenvalue weighted by atomic mass is 16.5. The summed E-state index contributed by atoms with van der Waals surface area (Å²) in [6.07, 6.45) is 3.12. The van der Waals surface area contributed by atoms with Crippen molar-refractivity contribution in [1.29, 1.82) is 0 Å². The van der Waals surface area contributed by atoms with Crippen LogP contribution in [0.15, 0.2) is 24.3 Å². The Morgan fingerprint density at radius 2 is 1.64 bits per heavy atom. The Morgan fingerprint density at radius 3 is 2.18 bits per heavy atom. The molecule has 1 unspecified atom stereocenters. The molecule has 1 aromatic carbocycles. The first kappa shape index (κ1) is 20.8. The van der Waals surface area contributed by atoms with Gasteiger partial charge in [-0.05, 0) is 70.2 Å². The van der Waals surface area contributed by atoms with Crippen LogP contribution in [0, 0.1) is 5.92 Å². The normalized spacial score (nSPS) is 21.5. The molecule has 0 saturated carbocycles. The topological polar surface area (TPSA) is 70.7 Å². The molecule has 6 nitrogen and oxygen atoms in total. The summed E-state index contributed by atoms with van der Waals surface area (Å²) < 4.78 is 5.46. The maximum absolute atomic E-state index is 12.5. The third-order valence-corrected chi connectivity index (χ3v) is 5.36. The molecule has 0 bridgehead atoms. The minimum Gasteiger partial charge on any atom is -0.381 e. The van der Waals surface area contributed by atoms with Gasteiger partial charge in [-0.2, -0.15) is 0 Å². The Morgan fingerprint density at radius 1 is 1.04 bits per heavy atom. The van der Waals surface area contributed by atoms with E-state index in [0.29, 0.717) is 17.0 Å². The van der Waals surface area contributed by atoms with E-state index in [-0.39, 0.29) is 23.4 Å². The van der Waals surface area contributed by atoms with Crippen molar-refractivity contribution in [3.8, 4) is 0 Å². The summed E-state index contributed by atoms with van der Waals surface area (Å²) in [4.78, 5) is 27.2. The van der Waals surface area contributed by atoms with Gasteiger partial charge in [0.2, 0.25) is 0 Å². The third kappa shape index (κ3) is 6.04. The lowest BCUT2D eigenvalue weighted by atomic mass is 10.0. The number of carbonyl (C=O) groups is 2. The number of hydrogen-bond acceptors (Lipinski definition) is 4. The van der Waals surface area contributed by atoms with Gasteiger partial charge >= 0.3 is 0 Å². The number of benzene rings is 1. The molecular formula is C22H33N3O3. The summed E-state index contributed by atoms with van der Waals surface area (Å²) in [6.45, 7) is 10.8. The maximum atomic E-state index is 12.5. The zero-order chi connectivity index (χ0) is 20.1. The molecular weight excluding hydrogens is 354 g/mol. The van der Waals surface area contributed by atoms with Gasteiger partial charge < -0.3 is 20.3 Å². The smallest absolute Gasteiger partial charge is 0.251 e. The van der Waals surface area contributed by atoms with E-state index >= 15 is 0 Å². The van der Waals surface area contributed by atoms with Gasteiger partial charge in [0.25, 0.3) is 11.8 Å². The lowest BCUT2D eigenvalue weighted by molar-refractivity contribution is 0.0896. The van der Waals surface area contributed by atoms with Crippen molar-refractivity contribution >= 4 is 11.8 Å². The summed E-state index contributed by atoms with van der Waals surface area (Å²) >= 11 is 0. The number of hydrogen-bond donors (Lipinski definition) is 2. The molecule has 2 saturated heterocycles. The average Bonchev–Trinajstić information content (AvgIpc) is 3.15. The summed E-state index contributed by atoms with van der Waals surface area (Å²) in [7, 11) is 0. The van der Waals surface area contributed by atoms with Gasteiger partial charge in [-0.3, -0.25) is 9.59 Å². The molecule has 0 radical (unpaired) electrons. The number of ether oxygens (including phenoxy) is 1. The van der Waals surface area contributed by atoms with E-state index in [2.05, 4.69) is 15.5 Å². The molecule has 28 heavy (non-hydrogen) atoms. The van der Waals surface area contributed by atoms with Crippen LogP contribution in [0.4, 0.5) is 0 Å². The highest BCUT2D eigenvalue weighted by Crippen LogP contribution is 2.18. The fraction of sp³-hybridized carbons (Fsp3) is 0.636. The maximum Gasteiger partial charge on any atom is 0.251 e. The first-order valence-electron chi connectivity index (χ1n) is 10.3. The molecule has 1 atom stereocenters. The van der Waals surface area contributed by atoms with Gasteiger partial charge in [0.05, 0.1) is 6.61 Å². The molecule has 2 aliphatic heterocycles. The van der Waals surface area contributed by atoms with Gasteiger partial charge in [-0.25, -0.2) is 0 Å². The first-order chi connectivity index (χ1) is 13.3. The first-order valence-corrected chi connectivity index (χ1v) is 10.3. The number of piperidine rings is 1. The van der Waals surface area contributed by atoms with Crippen LogP contribution in [0.1, 0.15) is 60.7 Å². The van der Waals surface area contributed by atoms with Crippen molar-refractivity contribution in [2.24, 2.45) is 5.92 Å².